The minimum absolute atomic E-state index is 0.0229. The quantitative estimate of drug-likeness (QED) is 0.295. The molecule has 0 radical (unpaired) electrons. The first-order valence-corrected chi connectivity index (χ1v) is 6.48. The summed E-state index contributed by atoms with van der Waals surface area (Å²) in [6.45, 7) is 4.08. The van der Waals surface area contributed by atoms with E-state index in [4.69, 9.17) is 10.9 Å². The first kappa shape index (κ1) is 13.4. The molecule has 0 aliphatic carbocycles. The molecule has 19 heavy (non-hydrogen) atoms. The Hall–Kier alpha value is -2.08. The molecule has 2 rings (SSSR count). The van der Waals surface area contributed by atoms with Crippen molar-refractivity contribution in [3.05, 3.63) is 47.3 Å². The van der Waals surface area contributed by atoms with Gasteiger partial charge in [0.05, 0.1) is 0 Å². The summed E-state index contributed by atoms with van der Waals surface area (Å²) < 4.78 is 0. The maximum absolute atomic E-state index is 8.65. The van der Waals surface area contributed by atoms with Gasteiger partial charge >= 0.3 is 0 Å². The predicted molar refractivity (Wildman–Crippen MR) is 74.6 cm³/mol. The topological polar surface area (TPSA) is 84.4 Å². The second-order valence-electron chi connectivity index (χ2n) is 4.08. The van der Waals surface area contributed by atoms with Crippen LogP contribution in [0.4, 0.5) is 0 Å². The minimum atomic E-state index is -0.0229. The Morgan fingerprint density at radius 3 is 2.84 bits per heavy atom. The fraction of sp³-hybridized carbons (Fsp3) is 0.154. The van der Waals surface area contributed by atoms with Gasteiger partial charge in [-0.2, -0.15) is 0 Å². The molecule has 0 amide bonds. The average Bonchev–Trinajstić information content (AvgIpc) is 2.42. The lowest BCUT2D eigenvalue weighted by atomic mass is 10.2. The Morgan fingerprint density at radius 2 is 2.11 bits per heavy atom. The molecule has 98 valence electrons. The van der Waals surface area contributed by atoms with Gasteiger partial charge in [-0.05, 0) is 48.9 Å². The SMILES string of the molecule is Cc1ccc(C)c(Sc2nccc(/C(N)=N/O)n2)c1. The lowest BCUT2D eigenvalue weighted by Gasteiger charge is -2.06. The molecule has 3 N–H and O–H groups in total. The Balaban J connectivity index is 2.31. The Bertz CT molecular complexity index is 628. The third-order valence-corrected chi connectivity index (χ3v) is 3.59. The number of rotatable bonds is 3. The zero-order valence-corrected chi connectivity index (χ0v) is 11.5. The second-order valence-corrected chi connectivity index (χ2v) is 5.09. The van der Waals surface area contributed by atoms with Crippen LogP contribution in [0.2, 0.25) is 0 Å². The van der Waals surface area contributed by atoms with E-state index < -0.39 is 0 Å². The van der Waals surface area contributed by atoms with Crippen molar-refractivity contribution >= 4 is 17.6 Å². The number of nitrogens with zero attached hydrogens (tertiary/aromatic N) is 3. The van der Waals surface area contributed by atoms with E-state index in [1.807, 2.05) is 13.8 Å². The Labute approximate surface area is 115 Å². The van der Waals surface area contributed by atoms with Crippen LogP contribution in [0.3, 0.4) is 0 Å². The predicted octanol–water partition coefficient (Wildman–Crippen LogP) is 2.34. The Kier molecular flexibility index (Phi) is 4.01. The second kappa shape index (κ2) is 5.71. The molecule has 0 atom stereocenters. The molecule has 0 spiro atoms. The lowest BCUT2D eigenvalue weighted by molar-refractivity contribution is 0.318. The maximum Gasteiger partial charge on any atom is 0.193 e. The highest BCUT2D eigenvalue weighted by molar-refractivity contribution is 7.99. The lowest BCUT2D eigenvalue weighted by Crippen LogP contribution is -2.15. The van der Waals surface area contributed by atoms with Gasteiger partial charge in [-0.25, -0.2) is 9.97 Å². The third-order valence-electron chi connectivity index (χ3n) is 2.55. The van der Waals surface area contributed by atoms with Gasteiger partial charge in [-0.15, -0.1) is 0 Å². The van der Waals surface area contributed by atoms with E-state index in [2.05, 4.69) is 33.3 Å². The van der Waals surface area contributed by atoms with Crippen molar-refractivity contribution in [2.24, 2.45) is 10.9 Å². The first-order valence-electron chi connectivity index (χ1n) is 5.66. The zero-order valence-electron chi connectivity index (χ0n) is 10.7. The van der Waals surface area contributed by atoms with Crippen LogP contribution in [-0.2, 0) is 0 Å². The Morgan fingerprint density at radius 1 is 1.32 bits per heavy atom. The van der Waals surface area contributed by atoms with Gasteiger partial charge in [0.2, 0.25) is 0 Å². The molecule has 0 aliphatic rings. The van der Waals surface area contributed by atoms with Gasteiger partial charge in [0, 0.05) is 11.1 Å². The van der Waals surface area contributed by atoms with Crippen LogP contribution in [-0.4, -0.2) is 21.0 Å². The van der Waals surface area contributed by atoms with Gasteiger partial charge in [0.1, 0.15) is 5.69 Å². The van der Waals surface area contributed by atoms with Crippen LogP contribution < -0.4 is 5.73 Å². The number of hydrogen-bond donors (Lipinski definition) is 2. The maximum atomic E-state index is 8.65. The summed E-state index contributed by atoms with van der Waals surface area (Å²) in [6, 6.07) is 7.81. The fourth-order valence-electron chi connectivity index (χ4n) is 1.50. The van der Waals surface area contributed by atoms with Crippen molar-refractivity contribution in [2.75, 3.05) is 0 Å². The molecular formula is C13H14N4OS. The van der Waals surface area contributed by atoms with Crippen LogP contribution in [0.25, 0.3) is 0 Å². The van der Waals surface area contributed by atoms with Crippen molar-refractivity contribution in [1.29, 1.82) is 0 Å². The van der Waals surface area contributed by atoms with Gasteiger partial charge in [0.25, 0.3) is 0 Å². The van der Waals surface area contributed by atoms with E-state index in [9.17, 15) is 0 Å². The molecule has 0 bridgehead atoms. The van der Waals surface area contributed by atoms with Crippen LogP contribution in [0, 0.1) is 13.8 Å². The number of aromatic nitrogens is 2. The monoisotopic (exact) mass is 274 g/mol. The largest absolute Gasteiger partial charge is 0.409 e. The van der Waals surface area contributed by atoms with Gasteiger partial charge in [0.15, 0.2) is 11.0 Å². The molecule has 0 unspecified atom stereocenters. The van der Waals surface area contributed by atoms with Crippen LogP contribution in [0.15, 0.2) is 45.7 Å². The highest BCUT2D eigenvalue weighted by Gasteiger charge is 2.07. The van der Waals surface area contributed by atoms with Crippen LogP contribution in [0.1, 0.15) is 16.8 Å². The van der Waals surface area contributed by atoms with Crippen molar-refractivity contribution in [1.82, 2.24) is 9.97 Å². The molecule has 0 fully saturated rings. The van der Waals surface area contributed by atoms with Gasteiger partial charge in [-0.3, -0.25) is 0 Å². The number of amidine groups is 1. The van der Waals surface area contributed by atoms with Crippen LogP contribution >= 0.6 is 11.8 Å². The van der Waals surface area contributed by atoms with E-state index >= 15 is 0 Å². The smallest absolute Gasteiger partial charge is 0.193 e. The summed E-state index contributed by atoms with van der Waals surface area (Å²) in [5.41, 5.74) is 8.26. The number of hydrogen-bond acceptors (Lipinski definition) is 5. The van der Waals surface area contributed by atoms with Gasteiger partial charge < -0.3 is 10.9 Å². The molecule has 6 heteroatoms. The zero-order chi connectivity index (χ0) is 13.8. The van der Waals surface area contributed by atoms with E-state index in [1.165, 1.54) is 17.3 Å². The van der Waals surface area contributed by atoms with Crippen molar-refractivity contribution < 1.29 is 5.21 Å². The number of oxime groups is 1. The molecule has 5 nitrogen and oxygen atoms in total. The van der Waals surface area contributed by atoms with Crippen molar-refractivity contribution in [3.8, 4) is 0 Å². The number of aryl methyl sites for hydroxylation is 2. The fourth-order valence-corrected chi connectivity index (χ4v) is 2.43. The molecular weight excluding hydrogens is 260 g/mol. The molecule has 0 aliphatic heterocycles. The van der Waals surface area contributed by atoms with Gasteiger partial charge in [-0.1, -0.05) is 17.3 Å². The summed E-state index contributed by atoms with van der Waals surface area (Å²) in [4.78, 5) is 9.52. The normalized spacial score (nSPS) is 11.6. The highest BCUT2D eigenvalue weighted by atomic mass is 32.2. The number of nitrogens with two attached hydrogens (primary N) is 1. The molecule has 1 aromatic heterocycles. The van der Waals surface area contributed by atoms with Crippen molar-refractivity contribution in [2.45, 2.75) is 23.9 Å². The van der Waals surface area contributed by atoms with E-state index in [0.717, 1.165) is 10.5 Å². The molecule has 1 heterocycles. The van der Waals surface area contributed by atoms with E-state index in [0.29, 0.717) is 10.9 Å². The summed E-state index contributed by atoms with van der Waals surface area (Å²) in [7, 11) is 0. The molecule has 0 saturated carbocycles. The number of benzene rings is 1. The highest BCUT2D eigenvalue weighted by Crippen LogP contribution is 2.28. The average molecular weight is 274 g/mol. The molecule has 1 aromatic carbocycles. The summed E-state index contributed by atoms with van der Waals surface area (Å²) >= 11 is 1.46. The van der Waals surface area contributed by atoms with E-state index in [1.54, 1.807) is 12.3 Å². The minimum Gasteiger partial charge on any atom is -0.409 e. The first-order chi connectivity index (χ1) is 9.10. The van der Waals surface area contributed by atoms with Crippen LogP contribution in [0.5, 0.6) is 0 Å². The third kappa shape index (κ3) is 3.23. The summed E-state index contributed by atoms with van der Waals surface area (Å²) in [5.74, 6) is -0.0229. The summed E-state index contributed by atoms with van der Waals surface area (Å²) in [6.07, 6.45) is 1.59. The van der Waals surface area contributed by atoms with E-state index in [-0.39, 0.29) is 5.84 Å². The summed E-state index contributed by atoms with van der Waals surface area (Å²) in [5, 5.41) is 12.1. The van der Waals surface area contributed by atoms with Crippen molar-refractivity contribution in [3.63, 3.8) is 0 Å². The molecule has 0 saturated heterocycles. The molecule has 2 aromatic rings. The standard InChI is InChI=1S/C13H14N4OS/c1-8-3-4-9(2)11(7-8)19-13-15-6-5-10(16-13)12(14)17-18/h3-7,18H,1-2H3,(H2,14,17).